The Morgan fingerprint density at radius 1 is 1.21 bits per heavy atom. The highest BCUT2D eigenvalue weighted by molar-refractivity contribution is 6.60. The Hall–Kier alpha value is -2.90. The van der Waals surface area contributed by atoms with Crippen LogP contribution in [0, 0.1) is 5.41 Å². The maximum absolute atomic E-state index is 9.78. The Morgan fingerprint density at radius 2 is 1.97 bits per heavy atom. The molecule has 0 saturated carbocycles. The third-order valence-electron chi connectivity index (χ3n) is 5.28. The van der Waals surface area contributed by atoms with Gasteiger partial charge in [0.1, 0.15) is 5.75 Å². The summed E-state index contributed by atoms with van der Waals surface area (Å²) >= 11 is 0. The molecule has 1 aliphatic carbocycles. The first-order chi connectivity index (χ1) is 14.0. The maximum Gasteiger partial charge on any atom is 0.492 e. The molecule has 2 aromatic rings. The molecule has 0 radical (unpaired) electrons. The van der Waals surface area contributed by atoms with Crippen LogP contribution in [0.15, 0.2) is 52.5 Å². The molecule has 0 spiro atoms. The first-order valence-corrected chi connectivity index (χ1v) is 9.67. The fourth-order valence-corrected chi connectivity index (χ4v) is 3.73. The SMILES string of the molecule is COc1c(B(O)O)cccc1/C(=N/c1ccc(N)c(C=N)c1)C1=C(C)CCCC1. The van der Waals surface area contributed by atoms with E-state index in [1.807, 2.05) is 12.1 Å². The highest BCUT2D eigenvalue weighted by Crippen LogP contribution is 2.32. The number of ether oxygens (including phenoxy) is 1. The zero-order chi connectivity index (χ0) is 21.0. The number of nitrogens with zero attached hydrogens (tertiary/aromatic N) is 1. The Kier molecular flexibility index (Phi) is 6.51. The van der Waals surface area contributed by atoms with Gasteiger partial charge in [0.25, 0.3) is 0 Å². The second kappa shape index (κ2) is 9.07. The highest BCUT2D eigenvalue weighted by atomic mass is 16.5. The molecule has 0 atom stereocenters. The standard InChI is InChI=1S/C22H26BN3O3/c1-14-6-3-4-7-17(14)21(26-16-10-11-20(25)15(12-16)13-24)18-8-5-9-19(23(27)28)22(18)29-2/h5,8-13,24,27-28H,3-4,6-7,25H2,1-2H3/b24-13?,26-21+. The van der Waals surface area contributed by atoms with Crippen LogP contribution in [0.3, 0.4) is 0 Å². The van der Waals surface area contributed by atoms with Gasteiger partial charge in [-0.1, -0.05) is 17.7 Å². The molecule has 1 aliphatic rings. The summed E-state index contributed by atoms with van der Waals surface area (Å²) in [7, 11) is -0.130. The average Bonchev–Trinajstić information content (AvgIpc) is 2.73. The van der Waals surface area contributed by atoms with Crippen LogP contribution in [0.4, 0.5) is 11.4 Å². The minimum atomic E-state index is -1.64. The summed E-state index contributed by atoms with van der Waals surface area (Å²) in [5.41, 5.74) is 11.9. The van der Waals surface area contributed by atoms with E-state index in [1.54, 1.807) is 24.3 Å². The molecule has 0 heterocycles. The van der Waals surface area contributed by atoms with Gasteiger partial charge in [-0.25, -0.2) is 4.99 Å². The van der Waals surface area contributed by atoms with Gasteiger partial charge in [-0.3, -0.25) is 0 Å². The van der Waals surface area contributed by atoms with Crippen molar-refractivity contribution in [2.45, 2.75) is 32.6 Å². The summed E-state index contributed by atoms with van der Waals surface area (Å²) in [5, 5.41) is 27.1. The maximum atomic E-state index is 9.78. The number of para-hydroxylation sites is 1. The molecule has 150 valence electrons. The van der Waals surface area contributed by atoms with Crippen LogP contribution in [0.5, 0.6) is 5.75 Å². The van der Waals surface area contributed by atoms with Gasteiger partial charge in [0.15, 0.2) is 0 Å². The van der Waals surface area contributed by atoms with Gasteiger partial charge >= 0.3 is 7.12 Å². The number of anilines is 1. The third-order valence-corrected chi connectivity index (χ3v) is 5.28. The van der Waals surface area contributed by atoms with E-state index in [9.17, 15) is 10.0 Å². The minimum absolute atomic E-state index is 0.296. The Morgan fingerprint density at radius 3 is 2.62 bits per heavy atom. The Labute approximate surface area is 171 Å². The number of benzene rings is 2. The molecule has 0 fully saturated rings. The molecule has 5 N–H and O–H groups in total. The summed E-state index contributed by atoms with van der Waals surface area (Å²) in [5.74, 6) is 0.398. The van der Waals surface area contributed by atoms with Crippen molar-refractivity contribution >= 4 is 35.9 Å². The number of methoxy groups -OCH3 is 1. The monoisotopic (exact) mass is 391 g/mol. The lowest BCUT2D eigenvalue weighted by Crippen LogP contribution is -2.32. The molecule has 0 bridgehead atoms. The molecule has 0 aliphatic heterocycles. The predicted molar refractivity (Wildman–Crippen MR) is 119 cm³/mol. The van der Waals surface area contributed by atoms with Crippen molar-refractivity contribution in [1.29, 1.82) is 5.41 Å². The number of nitrogens with one attached hydrogen (secondary N) is 1. The molecule has 2 aromatic carbocycles. The lowest BCUT2D eigenvalue weighted by Gasteiger charge is -2.22. The second-order valence-corrected chi connectivity index (χ2v) is 7.19. The van der Waals surface area contributed by atoms with Crippen molar-refractivity contribution in [2.24, 2.45) is 4.99 Å². The quantitative estimate of drug-likeness (QED) is 0.345. The molecule has 0 amide bonds. The van der Waals surface area contributed by atoms with Crippen LogP contribution in [-0.2, 0) is 0 Å². The van der Waals surface area contributed by atoms with Crippen LogP contribution in [0.2, 0.25) is 0 Å². The smallest absolute Gasteiger partial charge is 0.492 e. The Bertz CT molecular complexity index is 983. The number of hydrogen-bond acceptors (Lipinski definition) is 6. The Balaban J connectivity index is 2.26. The molecular weight excluding hydrogens is 365 g/mol. The number of nitrogen functional groups attached to an aromatic ring is 1. The van der Waals surface area contributed by atoms with Crippen LogP contribution in [-0.4, -0.2) is 36.2 Å². The van der Waals surface area contributed by atoms with E-state index >= 15 is 0 Å². The van der Waals surface area contributed by atoms with Crippen LogP contribution < -0.4 is 15.9 Å². The van der Waals surface area contributed by atoms with Gasteiger partial charge in [0, 0.05) is 28.5 Å². The van der Waals surface area contributed by atoms with E-state index in [2.05, 4.69) is 6.92 Å². The van der Waals surface area contributed by atoms with Crippen molar-refractivity contribution < 1.29 is 14.8 Å². The molecular formula is C22H26BN3O3. The summed E-state index contributed by atoms with van der Waals surface area (Å²) in [4.78, 5) is 4.92. The predicted octanol–water partition coefficient (Wildman–Crippen LogP) is 2.97. The van der Waals surface area contributed by atoms with Gasteiger partial charge in [-0.2, -0.15) is 0 Å². The molecule has 29 heavy (non-hydrogen) atoms. The van der Waals surface area contributed by atoms with E-state index in [0.29, 0.717) is 33.7 Å². The molecule has 0 saturated heterocycles. The fraction of sp³-hybridized carbons (Fsp3) is 0.273. The highest BCUT2D eigenvalue weighted by Gasteiger charge is 2.25. The number of nitrogens with two attached hydrogens (primary N) is 1. The van der Waals surface area contributed by atoms with Crippen LogP contribution in [0.25, 0.3) is 0 Å². The largest absolute Gasteiger partial charge is 0.496 e. The van der Waals surface area contributed by atoms with Gasteiger partial charge < -0.3 is 25.9 Å². The van der Waals surface area contributed by atoms with Gasteiger partial charge in [-0.15, -0.1) is 0 Å². The molecule has 3 rings (SSSR count). The molecule has 7 heteroatoms. The summed E-state index contributed by atoms with van der Waals surface area (Å²) in [6.45, 7) is 2.12. The van der Waals surface area contributed by atoms with Crippen molar-refractivity contribution in [3.8, 4) is 5.75 Å². The molecule has 6 nitrogen and oxygen atoms in total. The topological polar surface area (TPSA) is 112 Å². The summed E-state index contributed by atoms with van der Waals surface area (Å²) in [6.07, 6.45) is 5.33. The zero-order valence-electron chi connectivity index (χ0n) is 16.8. The van der Waals surface area contributed by atoms with Crippen LogP contribution >= 0.6 is 0 Å². The minimum Gasteiger partial charge on any atom is -0.496 e. The summed E-state index contributed by atoms with van der Waals surface area (Å²) < 4.78 is 5.57. The van der Waals surface area contributed by atoms with Crippen molar-refractivity contribution in [3.63, 3.8) is 0 Å². The van der Waals surface area contributed by atoms with Gasteiger partial charge in [0.2, 0.25) is 0 Å². The van der Waals surface area contributed by atoms with E-state index in [4.69, 9.17) is 20.9 Å². The average molecular weight is 391 g/mol. The van der Waals surface area contributed by atoms with E-state index < -0.39 is 7.12 Å². The normalized spacial score (nSPS) is 14.7. The molecule has 0 unspecified atom stereocenters. The first-order valence-electron chi connectivity index (χ1n) is 9.67. The third kappa shape index (κ3) is 4.41. The van der Waals surface area contributed by atoms with Crippen molar-refractivity contribution in [2.75, 3.05) is 12.8 Å². The zero-order valence-corrected chi connectivity index (χ0v) is 16.8. The first kappa shape index (κ1) is 20.8. The van der Waals surface area contributed by atoms with E-state index in [0.717, 1.165) is 37.0 Å². The number of rotatable bonds is 6. The number of allylic oxidation sites excluding steroid dienone is 2. The summed E-state index contributed by atoms with van der Waals surface area (Å²) in [6, 6.07) is 10.6. The van der Waals surface area contributed by atoms with E-state index in [1.165, 1.54) is 18.9 Å². The lowest BCUT2D eigenvalue weighted by atomic mass is 9.77. The fourth-order valence-electron chi connectivity index (χ4n) is 3.73. The van der Waals surface area contributed by atoms with Crippen LogP contribution in [0.1, 0.15) is 43.7 Å². The lowest BCUT2D eigenvalue weighted by molar-refractivity contribution is 0.402. The van der Waals surface area contributed by atoms with Gasteiger partial charge in [-0.05, 0) is 62.4 Å². The van der Waals surface area contributed by atoms with Gasteiger partial charge in [0.05, 0.1) is 18.5 Å². The number of hydrogen-bond donors (Lipinski definition) is 4. The second-order valence-electron chi connectivity index (χ2n) is 7.19. The van der Waals surface area contributed by atoms with Crippen molar-refractivity contribution in [3.05, 3.63) is 58.7 Å². The molecule has 0 aromatic heterocycles. The number of aliphatic imine (C=N–C) groups is 1. The van der Waals surface area contributed by atoms with E-state index in [-0.39, 0.29) is 0 Å². The van der Waals surface area contributed by atoms with Crippen molar-refractivity contribution in [1.82, 2.24) is 0 Å².